The van der Waals surface area contributed by atoms with E-state index in [9.17, 15) is 0 Å². The van der Waals surface area contributed by atoms with E-state index >= 15 is 0 Å². The van der Waals surface area contributed by atoms with Gasteiger partial charge in [0.05, 0.1) is 6.26 Å². The molecule has 2 atom stereocenters. The standard InChI is InChI=1S/C13H14Cl3NO/c1-8(17-2)12(13(14,15)16)10-3-4-11-9(7-10)5-6-18-11/h3-8,12,17H,1-2H3. The molecule has 0 saturated carbocycles. The molecule has 1 aromatic heterocycles. The van der Waals surface area contributed by atoms with Crippen LogP contribution in [-0.2, 0) is 0 Å². The van der Waals surface area contributed by atoms with Gasteiger partial charge in [-0.15, -0.1) is 0 Å². The Morgan fingerprint density at radius 2 is 1.94 bits per heavy atom. The van der Waals surface area contributed by atoms with Gasteiger partial charge in [0.15, 0.2) is 3.79 Å². The molecule has 0 bridgehead atoms. The first kappa shape index (κ1) is 14.0. The van der Waals surface area contributed by atoms with Crippen LogP contribution in [0.1, 0.15) is 18.4 Å². The smallest absolute Gasteiger partial charge is 0.198 e. The molecular formula is C13H14Cl3NO. The minimum Gasteiger partial charge on any atom is -0.464 e. The summed E-state index contributed by atoms with van der Waals surface area (Å²) in [6.07, 6.45) is 1.65. The van der Waals surface area contributed by atoms with Gasteiger partial charge in [-0.05, 0) is 37.7 Å². The Balaban J connectivity index is 2.46. The summed E-state index contributed by atoms with van der Waals surface area (Å²) in [4.78, 5) is 0. The van der Waals surface area contributed by atoms with E-state index in [2.05, 4.69) is 5.32 Å². The Hall–Kier alpha value is -0.410. The van der Waals surface area contributed by atoms with Gasteiger partial charge in [-0.3, -0.25) is 0 Å². The molecular weight excluding hydrogens is 293 g/mol. The predicted molar refractivity (Wildman–Crippen MR) is 77.8 cm³/mol. The SMILES string of the molecule is CNC(C)C(c1ccc2occc2c1)C(Cl)(Cl)Cl. The summed E-state index contributed by atoms with van der Waals surface area (Å²) >= 11 is 18.3. The minimum atomic E-state index is -1.36. The summed E-state index contributed by atoms with van der Waals surface area (Å²) in [5, 5.41) is 4.14. The number of nitrogens with one attached hydrogen (secondary N) is 1. The number of benzene rings is 1. The Morgan fingerprint density at radius 3 is 2.56 bits per heavy atom. The van der Waals surface area contributed by atoms with Crippen molar-refractivity contribution in [1.82, 2.24) is 5.32 Å². The minimum absolute atomic E-state index is 0.0434. The third-order valence-electron chi connectivity index (χ3n) is 3.14. The number of alkyl halides is 3. The highest BCUT2D eigenvalue weighted by Gasteiger charge is 2.37. The van der Waals surface area contributed by atoms with Crippen LogP contribution in [-0.4, -0.2) is 16.9 Å². The monoisotopic (exact) mass is 305 g/mol. The molecule has 0 aliphatic carbocycles. The third-order valence-corrected chi connectivity index (χ3v) is 3.85. The zero-order valence-corrected chi connectivity index (χ0v) is 12.4. The van der Waals surface area contributed by atoms with Gasteiger partial charge in [0.25, 0.3) is 0 Å². The average molecular weight is 307 g/mol. The predicted octanol–water partition coefficient (Wildman–Crippen LogP) is 4.49. The Morgan fingerprint density at radius 1 is 1.22 bits per heavy atom. The van der Waals surface area contributed by atoms with Crippen molar-refractivity contribution in [1.29, 1.82) is 0 Å². The van der Waals surface area contributed by atoms with Crippen LogP contribution in [0.2, 0.25) is 0 Å². The molecule has 98 valence electrons. The van der Waals surface area contributed by atoms with E-state index in [-0.39, 0.29) is 12.0 Å². The van der Waals surface area contributed by atoms with E-state index in [4.69, 9.17) is 39.2 Å². The first-order valence-corrected chi connectivity index (χ1v) is 6.78. The fourth-order valence-electron chi connectivity index (χ4n) is 2.11. The highest BCUT2D eigenvalue weighted by Crippen LogP contribution is 2.44. The molecule has 0 spiro atoms. The van der Waals surface area contributed by atoms with Gasteiger partial charge >= 0.3 is 0 Å². The molecule has 0 fully saturated rings. The van der Waals surface area contributed by atoms with Gasteiger partial charge in [-0.1, -0.05) is 40.9 Å². The van der Waals surface area contributed by atoms with Gasteiger partial charge < -0.3 is 9.73 Å². The van der Waals surface area contributed by atoms with Crippen molar-refractivity contribution in [2.24, 2.45) is 0 Å². The summed E-state index contributed by atoms with van der Waals surface area (Å²) in [7, 11) is 1.85. The van der Waals surface area contributed by atoms with Crippen LogP contribution < -0.4 is 5.32 Å². The fourth-order valence-corrected chi connectivity index (χ4v) is 3.05. The summed E-state index contributed by atoms with van der Waals surface area (Å²) in [6, 6.07) is 7.78. The molecule has 2 aromatic rings. The van der Waals surface area contributed by atoms with E-state index in [1.165, 1.54) is 0 Å². The second kappa shape index (κ2) is 5.30. The molecule has 0 aliphatic heterocycles. The zero-order valence-electron chi connectivity index (χ0n) is 10.1. The van der Waals surface area contributed by atoms with Crippen molar-refractivity contribution in [3.05, 3.63) is 36.1 Å². The quantitative estimate of drug-likeness (QED) is 0.845. The fraction of sp³-hybridized carbons (Fsp3) is 0.385. The van der Waals surface area contributed by atoms with Crippen molar-refractivity contribution in [3.63, 3.8) is 0 Å². The number of furan rings is 1. The lowest BCUT2D eigenvalue weighted by molar-refractivity contribution is 0.500. The van der Waals surface area contributed by atoms with Crippen LogP contribution in [0.5, 0.6) is 0 Å². The molecule has 2 rings (SSSR count). The Bertz CT molecular complexity index is 532. The summed E-state index contributed by atoms with van der Waals surface area (Å²) in [6.45, 7) is 1.99. The van der Waals surface area contributed by atoms with Gasteiger partial charge in [0, 0.05) is 17.3 Å². The molecule has 2 nitrogen and oxygen atoms in total. The number of fused-ring (bicyclic) bond motifs is 1. The second-order valence-electron chi connectivity index (χ2n) is 4.31. The Kier molecular flexibility index (Phi) is 4.12. The first-order chi connectivity index (χ1) is 8.43. The van der Waals surface area contributed by atoms with Gasteiger partial charge in [-0.2, -0.15) is 0 Å². The van der Waals surface area contributed by atoms with Crippen molar-refractivity contribution in [2.75, 3.05) is 7.05 Å². The molecule has 5 heteroatoms. The molecule has 2 unspecified atom stereocenters. The van der Waals surface area contributed by atoms with E-state index in [0.717, 1.165) is 16.5 Å². The van der Waals surface area contributed by atoms with Crippen LogP contribution in [0.3, 0.4) is 0 Å². The van der Waals surface area contributed by atoms with E-state index < -0.39 is 3.79 Å². The van der Waals surface area contributed by atoms with Crippen LogP contribution in [0.25, 0.3) is 11.0 Å². The van der Waals surface area contributed by atoms with Crippen molar-refractivity contribution < 1.29 is 4.42 Å². The first-order valence-electron chi connectivity index (χ1n) is 5.64. The van der Waals surface area contributed by atoms with Gasteiger partial charge in [-0.25, -0.2) is 0 Å². The molecule has 18 heavy (non-hydrogen) atoms. The lowest BCUT2D eigenvalue weighted by Gasteiger charge is -2.30. The number of likely N-dealkylation sites (N-methyl/N-ethyl adjacent to an activating group) is 1. The molecule has 1 aromatic carbocycles. The van der Waals surface area contributed by atoms with Crippen LogP contribution >= 0.6 is 34.8 Å². The molecule has 0 radical (unpaired) electrons. The molecule has 0 amide bonds. The van der Waals surface area contributed by atoms with E-state index in [0.29, 0.717) is 0 Å². The number of hydrogen-bond acceptors (Lipinski definition) is 2. The largest absolute Gasteiger partial charge is 0.464 e. The van der Waals surface area contributed by atoms with E-state index in [1.54, 1.807) is 6.26 Å². The maximum absolute atomic E-state index is 6.10. The zero-order chi connectivity index (χ0) is 13.3. The van der Waals surface area contributed by atoms with Crippen molar-refractivity contribution in [3.8, 4) is 0 Å². The van der Waals surface area contributed by atoms with Crippen molar-refractivity contribution in [2.45, 2.75) is 22.7 Å². The van der Waals surface area contributed by atoms with Crippen LogP contribution in [0, 0.1) is 0 Å². The van der Waals surface area contributed by atoms with E-state index in [1.807, 2.05) is 38.2 Å². The lowest BCUT2D eigenvalue weighted by atomic mass is 9.93. The molecule has 0 aliphatic rings. The third kappa shape index (κ3) is 2.77. The maximum atomic E-state index is 6.10. The highest BCUT2D eigenvalue weighted by molar-refractivity contribution is 6.68. The number of rotatable bonds is 3. The van der Waals surface area contributed by atoms with Crippen LogP contribution in [0.15, 0.2) is 34.9 Å². The molecule has 0 saturated heterocycles. The normalized spacial score (nSPS) is 15.8. The maximum Gasteiger partial charge on any atom is 0.198 e. The Labute approximate surface area is 121 Å². The van der Waals surface area contributed by atoms with Crippen LogP contribution in [0.4, 0.5) is 0 Å². The topological polar surface area (TPSA) is 25.2 Å². The number of halogens is 3. The van der Waals surface area contributed by atoms with Gasteiger partial charge in [0.2, 0.25) is 0 Å². The number of hydrogen-bond donors (Lipinski definition) is 1. The summed E-state index contributed by atoms with van der Waals surface area (Å²) in [5.41, 5.74) is 1.81. The molecule has 1 N–H and O–H groups in total. The summed E-state index contributed by atoms with van der Waals surface area (Å²) < 4.78 is 3.95. The van der Waals surface area contributed by atoms with Gasteiger partial charge in [0.1, 0.15) is 5.58 Å². The molecule has 1 heterocycles. The second-order valence-corrected chi connectivity index (χ2v) is 6.68. The van der Waals surface area contributed by atoms with Crippen molar-refractivity contribution >= 4 is 45.8 Å². The average Bonchev–Trinajstić information content (AvgIpc) is 2.74. The lowest BCUT2D eigenvalue weighted by Crippen LogP contribution is -2.36. The highest BCUT2D eigenvalue weighted by atomic mass is 35.6. The summed E-state index contributed by atoms with van der Waals surface area (Å²) in [5.74, 6) is -0.230.